The van der Waals surface area contributed by atoms with Crippen molar-refractivity contribution in [2.45, 2.75) is 18.9 Å². The number of hydrogen-bond acceptors (Lipinski definition) is 5. The van der Waals surface area contributed by atoms with Crippen LogP contribution in [0, 0.1) is 17.1 Å². The summed E-state index contributed by atoms with van der Waals surface area (Å²) in [6.07, 6.45) is 1.48. The lowest BCUT2D eigenvalue weighted by Crippen LogP contribution is -2.25. The molecule has 1 aromatic rings. The van der Waals surface area contributed by atoms with Gasteiger partial charge in [-0.2, -0.15) is 5.26 Å². The molecule has 1 fully saturated rings. The minimum atomic E-state index is -0.529. The third-order valence-corrected chi connectivity index (χ3v) is 3.86. The smallest absolute Gasteiger partial charge is 0.156 e. The van der Waals surface area contributed by atoms with E-state index < -0.39 is 5.82 Å². The van der Waals surface area contributed by atoms with Crippen LogP contribution in [-0.2, 0) is 4.74 Å². The van der Waals surface area contributed by atoms with Crippen LogP contribution in [0.1, 0.15) is 18.4 Å². The maximum absolute atomic E-state index is 14.0. The first-order valence-corrected chi connectivity index (χ1v) is 8.36. The lowest BCUT2D eigenvalue weighted by atomic mass is 10.1. The van der Waals surface area contributed by atoms with E-state index in [1.165, 1.54) is 12.1 Å². The fourth-order valence-electron chi connectivity index (χ4n) is 2.17. The average Bonchev–Trinajstić information content (AvgIpc) is 2.58. The van der Waals surface area contributed by atoms with Gasteiger partial charge in [-0.3, -0.25) is 4.99 Å². The second-order valence-corrected chi connectivity index (χ2v) is 5.80. The second kappa shape index (κ2) is 10.4. The number of amidine groups is 1. The van der Waals surface area contributed by atoms with E-state index in [9.17, 15) is 9.65 Å². The molecule has 2 rings (SSSR count). The number of ether oxygens (including phenoxy) is 1. The van der Waals surface area contributed by atoms with Gasteiger partial charge in [0, 0.05) is 23.2 Å². The van der Waals surface area contributed by atoms with Crippen LogP contribution in [0.15, 0.2) is 33.2 Å². The number of thiol groups is 1. The molecule has 126 valence electrons. The van der Waals surface area contributed by atoms with Crippen molar-refractivity contribution in [2.75, 3.05) is 13.2 Å². The predicted molar refractivity (Wildman–Crippen MR) is 101 cm³/mol. The van der Waals surface area contributed by atoms with E-state index in [-0.39, 0.29) is 28.7 Å². The van der Waals surface area contributed by atoms with Crippen LogP contribution in [-0.4, -0.2) is 32.2 Å². The molecule has 9 heteroatoms. The number of benzene rings is 1. The summed E-state index contributed by atoms with van der Waals surface area (Å²) in [6.45, 7) is 1.23. The van der Waals surface area contributed by atoms with Gasteiger partial charge in [0.2, 0.25) is 0 Å². The van der Waals surface area contributed by atoms with E-state index in [2.05, 4.69) is 40.5 Å². The molecule has 0 spiro atoms. The molecule has 1 aliphatic rings. The van der Waals surface area contributed by atoms with Gasteiger partial charge in [-0.05, 0) is 31.0 Å². The van der Waals surface area contributed by atoms with Crippen LogP contribution < -0.4 is 11.5 Å². The highest BCUT2D eigenvalue weighted by Crippen LogP contribution is 2.22. The number of hydrogen-bond donors (Lipinski definition) is 3. The van der Waals surface area contributed by atoms with E-state index in [1.807, 2.05) is 6.07 Å². The highest BCUT2D eigenvalue weighted by molar-refractivity contribution is 9.10. The Bertz CT molecular complexity index is 672. The van der Waals surface area contributed by atoms with Crippen molar-refractivity contribution < 1.29 is 9.13 Å². The van der Waals surface area contributed by atoms with Crippen molar-refractivity contribution in [2.24, 2.45) is 16.5 Å². The fourth-order valence-corrected chi connectivity index (χ4v) is 2.51. The molecule has 0 amide bonds. The molecule has 24 heavy (non-hydrogen) atoms. The molecule has 0 saturated carbocycles. The van der Waals surface area contributed by atoms with Crippen molar-refractivity contribution in [3.05, 3.63) is 39.6 Å². The van der Waals surface area contributed by atoms with Crippen molar-refractivity contribution >= 4 is 47.1 Å². The second-order valence-electron chi connectivity index (χ2n) is 4.88. The number of nitrogens with two attached hydrogens (primary N) is 2. The molecule has 1 aliphatic heterocycles. The largest absolute Gasteiger partial charge is 0.397 e. The standard InChI is InChI=1S/C15H16BrFN4O.BHS/c16-9-1-2-11(13(17)7-9)14(19)12(8-18)15(20)21-10-3-5-22-6-4-10;1-2/h1-2,7,10H,3-6,19H2,(H2,20,21);2H/b14-12-;. The molecular formula is C15H17BBrFN4OS. The van der Waals surface area contributed by atoms with E-state index in [0.29, 0.717) is 17.7 Å². The van der Waals surface area contributed by atoms with Gasteiger partial charge in [0.05, 0.1) is 11.7 Å². The van der Waals surface area contributed by atoms with Gasteiger partial charge in [-0.25, -0.2) is 16.9 Å². The zero-order valence-corrected chi connectivity index (χ0v) is 15.4. The molecule has 1 aromatic carbocycles. The van der Waals surface area contributed by atoms with Crippen LogP contribution >= 0.6 is 28.4 Å². The Morgan fingerprint density at radius 1 is 1.38 bits per heavy atom. The van der Waals surface area contributed by atoms with Crippen molar-refractivity contribution in [1.82, 2.24) is 0 Å². The predicted octanol–water partition coefficient (Wildman–Crippen LogP) is 2.32. The third-order valence-electron chi connectivity index (χ3n) is 3.37. The molecule has 0 unspecified atom stereocenters. The number of halogens is 2. The van der Waals surface area contributed by atoms with Gasteiger partial charge in [-0.1, -0.05) is 15.9 Å². The zero-order chi connectivity index (χ0) is 18.1. The topological polar surface area (TPSA) is 97.4 Å². The molecule has 4 N–H and O–H groups in total. The number of nitriles is 1. The summed E-state index contributed by atoms with van der Waals surface area (Å²) < 4.78 is 19.8. The normalized spacial score (nSPS) is 16.5. The number of aliphatic imine (C=N–C) groups is 1. The molecule has 5 nitrogen and oxygen atoms in total. The first-order chi connectivity index (χ1) is 11.5. The summed E-state index contributed by atoms with van der Waals surface area (Å²) in [6, 6.07) is 6.34. The van der Waals surface area contributed by atoms with E-state index in [0.717, 1.165) is 12.8 Å². The van der Waals surface area contributed by atoms with E-state index in [1.54, 1.807) is 6.07 Å². The minimum absolute atomic E-state index is 0.000310. The molecule has 1 saturated heterocycles. The van der Waals surface area contributed by atoms with Gasteiger partial charge in [0.15, 0.2) is 7.12 Å². The summed E-state index contributed by atoms with van der Waals surface area (Å²) in [5.74, 6) is -0.493. The monoisotopic (exact) mass is 410 g/mol. The maximum atomic E-state index is 14.0. The summed E-state index contributed by atoms with van der Waals surface area (Å²) in [7, 11) is 4.19. The van der Waals surface area contributed by atoms with E-state index in [4.69, 9.17) is 16.2 Å². The van der Waals surface area contributed by atoms with Crippen LogP contribution in [0.5, 0.6) is 0 Å². The lowest BCUT2D eigenvalue weighted by Gasteiger charge is -2.19. The summed E-state index contributed by atoms with van der Waals surface area (Å²) in [5, 5.41) is 9.30. The molecule has 2 radical (unpaired) electrons. The maximum Gasteiger partial charge on any atom is 0.156 e. The van der Waals surface area contributed by atoms with Gasteiger partial charge in [-0.15, -0.1) is 0 Å². The molecule has 0 atom stereocenters. The van der Waals surface area contributed by atoms with Crippen LogP contribution in [0.4, 0.5) is 4.39 Å². The Morgan fingerprint density at radius 3 is 2.54 bits per heavy atom. The van der Waals surface area contributed by atoms with Gasteiger partial charge < -0.3 is 16.2 Å². The van der Waals surface area contributed by atoms with Crippen LogP contribution in [0.25, 0.3) is 5.70 Å². The van der Waals surface area contributed by atoms with Crippen LogP contribution in [0.3, 0.4) is 0 Å². The first kappa shape index (κ1) is 20.5. The number of nitrogens with zero attached hydrogens (tertiary/aromatic N) is 2. The third kappa shape index (κ3) is 5.55. The van der Waals surface area contributed by atoms with Crippen molar-refractivity contribution in [1.29, 1.82) is 5.26 Å². The highest BCUT2D eigenvalue weighted by atomic mass is 79.9. The van der Waals surface area contributed by atoms with E-state index >= 15 is 0 Å². The molecule has 0 bridgehead atoms. The van der Waals surface area contributed by atoms with Crippen LogP contribution in [0.2, 0.25) is 0 Å². The Morgan fingerprint density at radius 2 is 2.00 bits per heavy atom. The van der Waals surface area contributed by atoms with Gasteiger partial charge >= 0.3 is 0 Å². The Balaban J connectivity index is 0.00000139. The average molecular weight is 411 g/mol. The summed E-state index contributed by atoms with van der Waals surface area (Å²) >= 11 is 6.20. The fraction of sp³-hybridized carbons (Fsp3) is 0.333. The molecule has 1 heterocycles. The highest BCUT2D eigenvalue weighted by Gasteiger charge is 2.17. The quantitative estimate of drug-likeness (QED) is 0.234. The minimum Gasteiger partial charge on any atom is -0.397 e. The van der Waals surface area contributed by atoms with Gasteiger partial charge in [0.25, 0.3) is 0 Å². The van der Waals surface area contributed by atoms with Gasteiger partial charge in [0.1, 0.15) is 23.3 Å². The van der Waals surface area contributed by atoms with Crippen molar-refractivity contribution in [3.8, 4) is 6.07 Å². The summed E-state index contributed by atoms with van der Waals surface area (Å²) in [4.78, 5) is 4.32. The molecular weight excluding hydrogens is 394 g/mol. The Kier molecular flexibility index (Phi) is 8.89. The molecule has 0 aliphatic carbocycles. The Labute approximate surface area is 155 Å². The SMILES string of the molecule is N#C/C(C(N)=NC1CCOCC1)=C(/N)c1ccc(Br)cc1F.[B]S. The lowest BCUT2D eigenvalue weighted by molar-refractivity contribution is 0.0871. The molecule has 0 aromatic heterocycles. The summed E-state index contributed by atoms with van der Waals surface area (Å²) in [5.41, 5.74) is 11.9. The zero-order valence-electron chi connectivity index (χ0n) is 12.9. The Hall–Kier alpha value is -1.50. The number of rotatable bonds is 3. The first-order valence-electron chi connectivity index (χ1n) is 7.05. The van der Waals surface area contributed by atoms with Crippen molar-refractivity contribution in [3.63, 3.8) is 0 Å².